The van der Waals surface area contributed by atoms with Crippen LogP contribution in [0.4, 0.5) is 0 Å². The maximum Gasteiger partial charge on any atom is 0.0850 e. The number of rotatable bonds is 5. The molecule has 0 aliphatic carbocycles. The molecule has 18 heavy (non-hydrogen) atoms. The number of aryl methyl sites for hydroxylation is 2. The van der Waals surface area contributed by atoms with E-state index in [0.717, 1.165) is 17.8 Å². The van der Waals surface area contributed by atoms with Gasteiger partial charge in [0.15, 0.2) is 0 Å². The second-order valence-corrected chi connectivity index (χ2v) is 5.54. The van der Waals surface area contributed by atoms with E-state index in [9.17, 15) is 5.11 Å². The van der Waals surface area contributed by atoms with Crippen molar-refractivity contribution in [2.75, 3.05) is 0 Å². The minimum absolute atomic E-state index is 0.419. The Morgan fingerprint density at radius 2 is 2.28 bits per heavy atom. The molecule has 98 valence electrons. The molecule has 0 bridgehead atoms. The maximum absolute atomic E-state index is 10.1. The first-order chi connectivity index (χ1) is 8.61. The van der Waals surface area contributed by atoms with Crippen LogP contribution in [0.25, 0.3) is 0 Å². The van der Waals surface area contributed by atoms with E-state index < -0.39 is 6.10 Å². The minimum Gasteiger partial charge on any atom is -0.392 e. The van der Waals surface area contributed by atoms with Gasteiger partial charge in [-0.2, -0.15) is 16.4 Å². The highest BCUT2D eigenvalue weighted by Crippen LogP contribution is 2.23. The Kier molecular flexibility index (Phi) is 4.43. The molecule has 5 heteroatoms. The van der Waals surface area contributed by atoms with Crippen molar-refractivity contribution in [2.24, 2.45) is 7.05 Å². The van der Waals surface area contributed by atoms with Crippen molar-refractivity contribution >= 4 is 22.9 Å². The molecule has 0 amide bonds. The van der Waals surface area contributed by atoms with Crippen molar-refractivity contribution in [1.82, 2.24) is 9.78 Å². The average Bonchev–Trinajstić information content (AvgIpc) is 2.92. The number of halogens is 1. The summed E-state index contributed by atoms with van der Waals surface area (Å²) < 4.78 is 1.78. The molecule has 2 rings (SSSR count). The fourth-order valence-electron chi connectivity index (χ4n) is 2.02. The van der Waals surface area contributed by atoms with Crippen LogP contribution in [0.1, 0.15) is 23.9 Å². The van der Waals surface area contributed by atoms with E-state index in [-0.39, 0.29) is 0 Å². The highest BCUT2D eigenvalue weighted by molar-refractivity contribution is 7.07. The van der Waals surface area contributed by atoms with E-state index in [1.54, 1.807) is 16.0 Å². The number of aromatic nitrogens is 2. The van der Waals surface area contributed by atoms with Gasteiger partial charge in [0.1, 0.15) is 0 Å². The first kappa shape index (κ1) is 13.6. The van der Waals surface area contributed by atoms with Crippen LogP contribution in [0.15, 0.2) is 16.8 Å². The summed E-state index contributed by atoms with van der Waals surface area (Å²) in [6.07, 6.45) is 1.59. The quantitative estimate of drug-likeness (QED) is 0.917. The molecule has 0 spiro atoms. The summed E-state index contributed by atoms with van der Waals surface area (Å²) in [5.41, 5.74) is 2.98. The van der Waals surface area contributed by atoms with Crippen molar-refractivity contribution in [2.45, 2.75) is 32.3 Å². The van der Waals surface area contributed by atoms with Gasteiger partial charge in [-0.25, -0.2) is 0 Å². The van der Waals surface area contributed by atoms with Crippen molar-refractivity contribution in [1.29, 1.82) is 0 Å². The van der Waals surface area contributed by atoms with Gasteiger partial charge in [-0.1, -0.05) is 18.5 Å². The number of hydrogen-bond donors (Lipinski definition) is 1. The first-order valence-corrected chi connectivity index (χ1v) is 7.33. The summed E-state index contributed by atoms with van der Waals surface area (Å²) >= 11 is 7.91. The lowest BCUT2D eigenvalue weighted by atomic mass is 10.1. The van der Waals surface area contributed by atoms with Crippen molar-refractivity contribution in [3.8, 4) is 0 Å². The highest BCUT2D eigenvalue weighted by atomic mass is 35.5. The number of hydrogen-bond acceptors (Lipinski definition) is 3. The van der Waals surface area contributed by atoms with Crippen LogP contribution in [-0.2, 0) is 26.3 Å². The molecular weight excluding hydrogens is 268 g/mol. The maximum atomic E-state index is 10.1. The van der Waals surface area contributed by atoms with E-state index in [0.29, 0.717) is 17.9 Å². The fraction of sp³-hybridized carbons (Fsp3) is 0.462. The molecular formula is C13H17ClN2OS. The lowest BCUT2D eigenvalue weighted by Crippen LogP contribution is -2.16. The Morgan fingerprint density at radius 3 is 2.83 bits per heavy atom. The third-order valence-electron chi connectivity index (χ3n) is 2.98. The Labute approximate surface area is 116 Å². The van der Waals surface area contributed by atoms with Gasteiger partial charge in [-0.15, -0.1) is 0 Å². The van der Waals surface area contributed by atoms with Gasteiger partial charge in [0.2, 0.25) is 0 Å². The number of nitrogens with zero attached hydrogens (tertiary/aromatic N) is 2. The van der Waals surface area contributed by atoms with Gasteiger partial charge >= 0.3 is 0 Å². The summed E-state index contributed by atoms with van der Waals surface area (Å²) in [5.74, 6) is 0. The zero-order chi connectivity index (χ0) is 13.1. The summed E-state index contributed by atoms with van der Waals surface area (Å²) in [4.78, 5) is 0. The smallest absolute Gasteiger partial charge is 0.0850 e. The van der Waals surface area contributed by atoms with Gasteiger partial charge in [-0.05, 0) is 35.2 Å². The van der Waals surface area contributed by atoms with Gasteiger partial charge in [0.25, 0.3) is 0 Å². The van der Waals surface area contributed by atoms with E-state index in [1.807, 2.05) is 25.4 Å². The standard InChI is InChI=1S/C13H17ClN2OS/c1-3-11-13(14)12(16(2)15-11)7-10(17)6-9-4-5-18-8-9/h4-5,8,10,17H,3,6-7H2,1-2H3. The molecule has 2 aromatic rings. The number of thiophene rings is 1. The molecule has 0 fully saturated rings. The Balaban J connectivity index is 2.07. The van der Waals surface area contributed by atoms with Crippen LogP contribution in [0.5, 0.6) is 0 Å². The minimum atomic E-state index is -0.419. The van der Waals surface area contributed by atoms with E-state index in [4.69, 9.17) is 11.6 Å². The fourth-order valence-corrected chi connectivity index (χ4v) is 3.07. The summed E-state index contributed by atoms with van der Waals surface area (Å²) in [6.45, 7) is 2.03. The van der Waals surface area contributed by atoms with Crippen molar-refractivity contribution < 1.29 is 5.11 Å². The second kappa shape index (κ2) is 5.87. The largest absolute Gasteiger partial charge is 0.392 e. The topological polar surface area (TPSA) is 38.0 Å². The summed E-state index contributed by atoms with van der Waals surface area (Å²) in [6, 6.07) is 2.04. The predicted octanol–water partition coefficient (Wildman–Crippen LogP) is 2.84. The van der Waals surface area contributed by atoms with Crippen LogP contribution in [0, 0.1) is 0 Å². The molecule has 0 aliphatic rings. The molecule has 0 aromatic carbocycles. The predicted molar refractivity (Wildman–Crippen MR) is 75.3 cm³/mol. The second-order valence-electron chi connectivity index (χ2n) is 4.38. The highest BCUT2D eigenvalue weighted by Gasteiger charge is 2.16. The summed E-state index contributed by atoms with van der Waals surface area (Å²) in [5, 5.41) is 19.2. The molecule has 1 unspecified atom stereocenters. The van der Waals surface area contributed by atoms with Crippen LogP contribution >= 0.6 is 22.9 Å². The van der Waals surface area contributed by atoms with Gasteiger partial charge in [-0.3, -0.25) is 4.68 Å². The van der Waals surface area contributed by atoms with Crippen molar-refractivity contribution in [3.63, 3.8) is 0 Å². The molecule has 2 aromatic heterocycles. The Bertz CT molecular complexity index is 507. The lowest BCUT2D eigenvalue weighted by Gasteiger charge is -2.10. The Hall–Kier alpha value is -0.840. The van der Waals surface area contributed by atoms with Gasteiger partial charge < -0.3 is 5.11 Å². The molecule has 3 nitrogen and oxygen atoms in total. The van der Waals surface area contributed by atoms with Crippen LogP contribution in [0.3, 0.4) is 0 Å². The monoisotopic (exact) mass is 284 g/mol. The Morgan fingerprint density at radius 1 is 1.50 bits per heavy atom. The van der Waals surface area contributed by atoms with E-state index in [2.05, 4.69) is 10.5 Å². The van der Waals surface area contributed by atoms with Crippen LogP contribution in [-0.4, -0.2) is 21.0 Å². The third kappa shape index (κ3) is 2.94. The van der Waals surface area contributed by atoms with Crippen LogP contribution in [0.2, 0.25) is 5.02 Å². The molecule has 2 heterocycles. The lowest BCUT2D eigenvalue weighted by molar-refractivity contribution is 0.173. The number of aliphatic hydroxyl groups excluding tert-OH is 1. The molecule has 1 N–H and O–H groups in total. The third-order valence-corrected chi connectivity index (χ3v) is 4.15. The zero-order valence-electron chi connectivity index (χ0n) is 10.6. The number of aliphatic hydroxyl groups is 1. The van der Waals surface area contributed by atoms with Crippen LogP contribution < -0.4 is 0 Å². The molecule has 1 atom stereocenters. The summed E-state index contributed by atoms with van der Waals surface area (Å²) in [7, 11) is 1.87. The van der Waals surface area contributed by atoms with Crippen molar-refractivity contribution in [3.05, 3.63) is 38.8 Å². The van der Waals surface area contributed by atoms with E-state index in [1.165, 1.54) is 5.56 Å². The van der Waals surface area contributed by atoms with E-state index >= 15 is 0 Å². The SMILES string of the molecule is CCc1nn(C)c(CC(O)Cc2ccsc2)c1Cl. The van der Waals surface area contributed by atoms with Gasteiger partial charge in [0.05, 0.1) is 22.5 Å². The van der Waals surface area contributed by atoms with Gasteiger partial charge in [0, 0.05) is 13.5 Å². The molecule has 0 aliphatic heterocycles. The molecule has 0 saturated heterocycles. The molecule has 0 radical (unpaired) electrons. The average molecular weight is 285 g/mol. The normalized spacial score (nSPS) is 12.9. The zero-order valence-corrected chi connectivity index (χ0v) is 12.1. The molecule has 0 saturated carbocycles. The first-order valence-electron chi connectivity index (χ1n) is 6.01.